The molecule has 0 aromatic heterocycles. The van der Waals surface area contributed by atoms with Crippen LogP contribution in [0.3, 0.4) is 0 Å². The molecule has 9 heteroatoms. The van der Waals surface area contributed by atoms with Gasteiger partial charge in [0, 0.05) is 5.92 Å². The molecule has 0 fully saturated rings. The Balaban J connectivity index is 1.90. The number of alkyl halides is 3. The summed E-state index contributed by atoms with van der Waals surface area (Å²) in [5.41, 5.74) is 5.56. The summed E-state index contributed by atoms with van der Waals surface area (Å²) in [6.07, 6.45) is -5.91. The summed E-state index contributed by atoms with van der Waals surface area (Å²) >= 11 is 0. The molecule has 0 saturated carbocycles. The molecule has 0 spiro atoms. The number of phenolic OH excluding ortho intramolecular Hbond substituents is 1. The molecular weight excluding hydrogens is 385 g/mol. The van der Waals surface area contributed by atoms with E-state index in [2.05, 4.69) is 5.10 Å². The van der Waals surface area contributed by atoms with Gasteiger partial charge in [0.1, 0.15) is 11.8 Å². The Hall–Kier alpha value is -3.67. The van der Waals surface area contributed by atoms with E-state index in [4.69, 9.17) is 10.5 Å². The van der Waals surface area contributed by atoms with Crippen LogP contribution in [0, 0.1) is 17.2 Å². The van der Waals surface area contributed by atoms with Crippen LogP contribution in [-0.2, 0) is 4.74 Å². The van der Waals surface area contributed by atoms with Crippen LogP contribution in [0.15, 0.2) is 71.2 Å². The Morgan fingerprint density at radius 2 is 1.76 bits per heavy atom. The Kier molecular flexibility index (Phi) is 4.34. The van der Waals surface area contributed by atoms with Crippen molar-refractivity contribution in [3.8, 4) is 11.8 Å². The zero-order valence-electron chi connectivity index (χ0n) is 14.8. The number of nitriles is 1. The van der Waals surface area contributed by atoms with E-state index in [1.54, 1.807) is 30.3 Å². The first-order chi connectivity index (χ1) is 13.8. The van der Waals surface area contributed by atoms with E-state index < -0.39 is 30.0 Å². The summed E-state index contributed by atoms with van der Waals surface area (Å²) in [6.45, 7) is 0. The lowest BCUT2D eigenvalue weighted by atomic mass is 9.76. The summed E-state index contributed by atoms with van der Waals surface area (Å²) in [5.74, 6) is -2.64. The van der Waals surface area contributed by atoms with Crippen molar-refractivity contribution in [1.29, 1.82) is 5.26 Å². The van der Waals surface area contributed by atoms with Crippen LogP contribution in [0.25, 0.3) is 0 Å². The average Bonchev–Trinajstić information content (AvgIpc) is 3.08. The van der Waals surface area contributed by atoms with E-state index >= 15 is 0 Å². The lowest BCUT2D eigenvalue weighted by Crippen LogP contribution is -2.46. The standard InChI is InChI=1S/C20H15F3N4O2/c21-20(22,23)17-16-15(11-6-8-13(28)9-7-11)14(10-24)18(25)29-19(16)27(26-17)12-4-2-1-3-5-12/h1-9,15-16,19,28H,25H2/t15-,16+,19+/m0/s1. The number of hydrogen-bond acceptors (Lipinski definition) is 6. The molecular formula is C20H15F3N4O2. The Bertz CT molecular complexity index is 1030. The van der Waals surface area contributed by atoms with Crippen LogP contribution in [0.1, 0.15) is 11.5 Å². The average molecular weight is 400 g/mol. The van der Waals surface area contributed by atoms with E-state index in [-0.39, 0.29) is 17.2 Å². The van der Waals surface area contributed by atoms with Crippen molar-refractivity contribution in [2.45, 2.75) is 18.3 Å². The van der Waals surface area contributed by atoms with Gasteiger partial charge in [0.15, 0.2) is 5.71 Å². The van der Waals surface area contributed by atoms with Gasteiger partial charge in [-0.05, 0) is 29.8 Å². The minimum Gasteiger partial charge on any atom is -0.508 e. The van der Waals surface area contributed by atoms with Crippen LogP contribution in [0.5, 0.6) is 5.75 Å². The predicted octanol–water partition coefficient (Wildman–Crippen LogP) is 3.58. The number of phenols is 1. The van der Waals surface area contributed by atoms with Gasteiger partial charge in [-0.3, -0.25) is 0 Å². The topological polar surface area (TPSA) is 94.9 Å². The minimum atomic E-state index is -4.74. The van der Waals surface area contributed by atoms with Crippen molar-refractivity contribution < 1.29 is 23.0 Å². The van der Waals surface area contributed by atoms with Gasteiger partial charge in [0.25, 0.3) is 0 Å². The Labute approximate surface area is 163 Å². The minimum absolute atomic E-state index is 0.0464. The number of rotatable bonds is 2. The molecule has 29 heavy (non-hydrogen) atoms. The van der Waals surface area contributed by atoms with E-state index in [1.165, 1.54) is 24.3 Å². The number of aromatic hydroxyl groups is 1. The van der Waals surface area contributed by atoms with Gasteiger partial charge in [-0.2, -0.15) is 23.5 Å². The summed E-state index contributed by atoms with van der Waals surface area (Å²) in [4.78, 5) is 0. The molecule has 3 N–H and O–H groups in total. The van der Waals surface area contributed by atoms with Gasteiger partial charge in [-0.25, -0.2) is 5.01 Å². The highest BCUT2D eigenvalue weighted by molar-refractivity contribution is 5.96. The third-order valence-electron chi connectivity index (χ3n) is 4.95. The summed E-state index contributed by atoms with van der Waals surface area (Å²) in [5, 5.41) is 24.1. The fourth-order valence-corrected chi connectivity index (χ4v) is 3.71. The molecule has 0 aliphatic carbocycles. The number of hydrazone groups is 1. The van der Waals surface area contributed by atoms with E-state index in [1.807, 2.05) is 6.07 Å². The molecule has 2 aliphatic heterocycles. The number of allylic oxidation sites excluding steroid dienone is 1. The first-order valence-corrected chi connectivity index (χ1v) is 8.66. The van der Waals surface area contributed by atoms with Gasteiger partial charge in [-0.15, -0.1) is 0 Å². The highest BCUT2D eigenvalue weighted by Crippen LogP contribution is 2.48. The quantitative estimate of drug-likeness (QED) is 0.804. The maximum atomic E-state index is 13.9. The number of ether oxygens (including phenoxy) is 1. The van der Waals surface area contributed by atoms with E-state index in [9.17, 15) is 23.5 Å². The maximum Gasteiger partial charge on any atom is 0.431 e. The monoisotopic (exact) mass is 400 g/mol. The summed E-state index contributed by atoms with van der Waals surface area (Å²) < 4.78 is 47.3. The van der Waals surface area contributed by atoms with Gasteiger partial charge < -0.3 is 15.6 Å². The molecule has 0 radical (unpaired) electrons. The highest BCUT2D eigenvalue weighted by atomic mass is 19.4. The molecule has 2 aliphatic rings. The van der Waals surface area contributed by atoms with Gasteiger partial charge in [-0.1, -0.05) is 30.3 Å². The molecule has 6 nitrogen and oxygen atoms in total. The smallest absolute Gasteiger partial charge is 0.431 e. The Morgan fingerprint density at radius 1 is 1.10 bits per heavy atom. The van der Waals surface area contributed by atoms with Gasteiger partial charge in [0.2, 0.25) is 12.1 Å². The lowest BCUT2D eigenvalue weighted by Gasteiger charge is -2.37. The number of para-hydroxylation sites is 1. The number of fused-ring (bicyclic) bond motifs is 1. The predicted molar refractivity (Wildman–Crippen MR) is 98.4 cm³/mol. The molecule has 0 bridgehead atoms. The number of halogens is 3. The van der Waals surface area contributed by atoms with Crippen LogP contribution in [0.2, 0.25) is 0 Å². The highest BCUT2D eigenvalue weighted by Gasteiger charge is 2.57. The molecule has 2 aromatic carbocycles. The molecule has 0 saturated heterocycles. The third kappa shape index (κ3) is 3.12. The fraction of sp³-hybridized carbons (Fsp3) is 0.200. The van der Waals surface area contributed by atoms with Crippen molar-refractivity contribution in [1.82, 2.24) is 0 Å². The van der Waals surface area contributed by atoms with Crippen molar-refractivity contribution in [3.05, 3.63) is 71.6 Å². The van der Waals surface area contributed by atoms with Crippen molar-refractivity contribution in [3.63, 3.8) is 0 Å². The molecule has 2 heterocycles. The second-order valence-electron chi connectivity index (χ2n) is 6.66. The van der Waals surface area contributed by atoms with Crippen molar-refractivity contribution >= 4 is 11.4 Å². The van der Waals surface area contributed by atoms with Crippen LogP contribution < -0.4 is 10.7 Å². The molecule has 2 aromatic rings. The number of anilines is 1. The number of benzene rings is 2. The SMILES string of the molecule is N#CC1=C(N)O[C@@H]2[C@@H](C(C(F)(F)F)=NN2c2ccccc2)[C@H]1c1ccc(O)cc1. The zero-order chi connectivity index (χ0) is 20.8. The maximum absolute atomic E-state index is 13.9. The van der Waals surface area contributed by atoms with Crippen molar-refractivity contribution in [2.75, 3.05) is 5.01 Å². The summed E-state index contributed by atoms with van der Waals surface area (Å²) in [6, 6.07) is 15.8. The zero-order valence-corrected chi connectivity index (χ0v) is 14.8. The van der Waals surface area contributed by atoms with E-state index in [0.29, 0.717) is 11.3 Å². The molecule has 0 amide bonds. The first kappa shape index (κ1) is 18.7. The third-order valence-corrected chi connectivity index (χ3v) is 4.95. The molecule has 3 atom stereocenters. The van der Waals surface area contributed by atoms with Crippen LogP contribution in [-0.4, -0.2) is 23.2 Å². The number of nitrogens with two attached hydrogens (primary N) is 1. The molecule has 148 valence electrons. The first-order valence-electron chi connectivity index (χ1n) is 8.66. The second kappa shape index (κ2) is 6.74. The number of hydrogen-bond donors (Lipinski definition) is 2. The van der Waals surface area contributed by atoms with Crippen LogP contribution in [0.4, 0.5) is 18.9 Å². The molecule has 0 unspecified atom stereocenters. The van der Waals surface area contributed by atoms with Gasteiger partial charge in [0.05, 0.1) is 17.2 Å². The van der Waals surface area contributed by atoms with Crippen LogP contribution >= 0.6 is 0 Å². The largest absolute Gasteiger partial charge is 0.508 e. The fourth-order valence-electron chi connectivity index (χ4n) is 3.71. The van der Waals surface area contributed by atoms with E-state index in [0.717, 1.165) is 5.01 Å². The Morgan fingerprint density at radius 3 is 2.34 bits per heavy atom. The van der Waals surface area contributed by atoms with Gasteiger partial charge >= 0.3 is 6.18 Å². The van der Waals surface area contributed by atoms with Crippen molar-refractivity contribution in [2.24, 2.45) is 16.8 Å². The molecule has 4 rings (SSSR count). The number of nitrogens with zero attached hydrogens (tertiary/aromatic N) is 3. The summed E-state index contributed by atoms with van der Waals surface area (Å²) in [7, 11) is 0. The lowest BCUT2D eigenvalue weighted by molar-refractivity contribution is -0.0658. The second-order valence-corrected chi connectivity index (χ2v) is 6.66. The normalized spacial score (nSPS) is 23.9.